The van der Waals surface area contributed by atoms with Crippen molar-refractivity contribution in [3.63, 3.8) is 0 Å². The summed E-state index contributed by atoms with van der Waals surface area (Å²) in [4.78, 5) is 19.4. The van der Waals surface area contributed by atoms with E-state index in [-0.39, 0.29) is 11.6 Å². The predicted octanol–water partition coefficient (Wildman–Crippen LogP) is 2.40. The van der Waals surface area contributed by atoms with Crippen LogP contribution in [0.25, 0.3) is 0 Å². The second kappa shape index (κ2) is 8.17. The van der Waals surface area contributed by atoms with Crippen molar-refractivity contribution in [2.45, 2.75) is 18.9 Å². The van der Waals surface area contributed by atoms with Gasteiger partial charge >= 0.3 is 6.09 Å². The van der Waals surface area contributed by atoms with E-state index in [1.165, 1.54) is 12.3 Å². The first kappa shape index (κ1) is 20.1. The Labute approximate surface area is 167 Å². The van der Waals surface area contributed by atoms with E-state index in [0.717, 1.165) is 18.7 Å². The average molecular weight is 408 g/mol. The maximum Gasteiger partial charge on any atom is 0.426 e. The standard InChI is InChI=1S/C18H22ClN5O4/c1-11-8-21-6-5-18(11,13-7-16(27-2)23-10-14(13)19)28-15-4-3-12(9-22-15)24(20)17(25)26/h3-4,7,9-11,21H,5-6,8,20H2,1-2H3,(H,25,26)/t11-,18-/m1/s1. The first-order valence-electron chi connectivity index (χ1n) is 8.71. The van der Waals surface area contributed by atoms with Crippen molar-refractivity contribution in [1.82, 2.24) is 15.3 Å². The molecule has 10 heteroatoms. The number of carbonyl (C=O) groups is 1. The van der Waals surface area contributed by atoms with Gasteiger partial charge in [-0.2, -0.15) is 0 Å². The lowest BCUT2D eigenvalue weighted by Crippen LogP contribution is -2.51. The zero-order valence-corrected chi connectivity index (χ0v) is 16.3. The van der Waals surface area contributed by atoms with Crippen LogP contribution in [0, 0.1) is 5.92 Å². The Morgan fingerprint density at radius 3 is 2.75 bits per heavy atom. The van der Waals surface area contributed by atoms with Gasteiger partial charge in [0.2, 0.25) is 11.8 Å². The number of nitrogens with one attached hydrogen (secondary N) is 1. The van der Waals surface area contributed by atoms with Crippen molar-refractivity contribution in [2.75, 3.05) is 25.2 Å². The van der Waals surface area contributed by atoms with Gasteiger partial charge in [0.15, 0.2) is 0 Å². The predicted molar refractivity (Wildman–Crippen MR) is 104 cm³/mol. The molecule has 0 aliphatic carbocycles. The third-order valence-electron chi connectivity index (χ3n) is 4.91. The van der Waals surface area contributed by atoms with Crippen LogP contribution in [-0.4, -0.2) is 41.4 Å². The van der Waals surface area contributed by atoms with E-state index in [4.69, 9.17) is 32.0 Å². The number of nitrogens with zero attached hydrogens (tertiary/aromatic N) is 3. The van der Waals surface area contributed by atoms with Gasteiger partial charge in [0.05, 0.1) is 24.0 Å². The van der Waals surface area contributed by atoms with Crippen LogP contribution in [0.15, 0.2) is 30.6 Å². The minimum absolute atomic E-state index is 0.0670. The fourth-order valence-corrected chi connectivity index (χ4v) is 3.60. The van der Waals surface area contributed by atoms with Crippen LogP contribution in [0.4, 0.5) is 10.5 Å². The van der Waals surface area contributed by atoms with E-state index < -0.39 is 11.7 Å². The molecular formula is C18H22ClN5O4. The highest BCUT2D eigenvalue weighted by Crippen LogP contribution is 2.43. The summed E-state index contributed by atoms with van der Waals surface area (Å²) in [6.07, 6.45) is 2.26. The van der Waals surface area contributed by atoms with Crippen LogP contribution in [-0.2, 0) is 5.60 Å². The molecule has 0 unspecified atom stereocenters. The fraction of sp³-hybridized carbons (Fsp3) is 0.389. The zero-order chi connectivity index (χ0) is 20.3. The number of piperidine rings is 1. The van der Waals surface area contributed by atoms with E-state index >= 15 is 0 Å². The SMILES string of the molecule is COc1cc([C@@]2(Oc3ccc(N(N)C(=O)O)cn3)CCNC[C@H]2C)c(Cl)cn1. The third-order valence-corrected chi connectivity index (χ3v) is 5.21. The van der Waals surface area contributed by atoms with Gasteiger partial charge in [-0.25, -0.2) is 25.6 Å². The largest absolute Gasteiger partial charge is 0.481 e. The maximum absolute atomic E-state index is 11.0. The number of methoxy groups -OCH3 is 1. The van der Waals surface area contributed by atoms with Crippen molar-refractivity contribution in [2.24, 2.45) is 11.8 Å². The summed E-state index contributed by atoms with van der Waals surface area (Å²) in [7, 11) is 1.54. The molecule has 0 radical (unpaired) electrons. The second-order valence-electron chi connectivity index (χ2n) is 6.56. The summed E-state index contributed by atoms with van der Waals surface area (Å²) in [5.41, 5.74) is 0.255. The summed E-state index contributed by atoms with van der Waals surface area (Å²) in [6.45, 7) is 3.53. The molecule has 2 aromatic heterocycles. The fourth-order valence-electron chi connectivity index (χ4n) is 3.34. The molecule has 3 rings (SSSR count). The van der Waals surface area contributed by atoms with Gasteiger partial charge in [-0.1, -0.05) is 18.5 Å². The van der Waals surface area contributed by atoms with Gasteiger partial charge in [-0.3, -0.25) is 0 Å². The van der Waals surface area contributed by atoms with Gasteiger partial charge < -0.3 is 19.9 Å². The molecule has 150 valence electrons. The molecule has 0 aromatic carbocycles. The maximum atomic E-state index is 11.0. The Balaban J connectivity index is 1.99. The van der Waals surface area contributed by atoms with E-state index in [1.54, 1.807) is 25.4 Å². The number of rotatable bonds is 5. The number of hydrogen-bond acceptors (Lipinski definition) is 7. The summed E-state index contributed by atoms with van der Waals surface area (Å²) in [6, 6.07) is 4.90. The van der Waals surface area contributed by atoms with E-state index in [0.29, 0.717) is 28.2 Å². The van der Waals surface area contributed by atoms with Crippen LogP contribution >= 0.6 is 11.6 Å². The summed E-state index contributed by atoms with van der Waals surface area (Å²) in [5.74, 6) is 6.31. The number of ether oxygens (including phenoxy) is 2. The molecule has 0 bridgehead atoms. The summed E-state index contributed by atoms with van der Waals surface area (Å²) >= 11 is 6.48. The van der Waals surface area contributed by atoms with Crippen LogP contribution in [0.3, 0.4) is 0 Å². The Hall–Kier alpha value is -2.62. The topological polar surface area (TPSA) is 123 Å². The molecule has 1 fully saturated rings. The van der Waals surface area contributed by atoms with Crippen molar-refractivity contribution in [3.05, 3.63) is 41.2 Å². The van der Waals surface area contributed by atoms with Crippen molar-refractivity contribution in [3.8, 4) is 11.8 Å². The number of amides is 1. The molecule has 1 amide bonds. The molecule has 4 N–H and O–H groups in total. The third kappa shape index (κ3) is 3.82. The highest BCUT2D eigenvalue weighted by atomic mass is 35.5. The number of halogens is 1. The Morgan fingerprint density at radius 2 is 2.14 bits per heavy atom. The highest BCUT2D eigenvalue weighted by Gasteiger charge is 2.44. The molecule has 0 spiro atoms. The Bertz CT molecular complexity index is 850. The van der Waals surface area contributed by atoms with Gasteiger partial charge in [-0.15, -0.1) is 0 Å². The number of anilines is 1. The first-order chi connectivity index (χ1) is 13.4. The molecule has 28 heavy (non-hydrogen) atoms. The molecule has 1 saturated heterocycles. The van der Waals surface area contributed by atoms with E-state index in [9.17, 15) is 4.79 Å². The molecular weight excluding hydrogens is 386 g/mol. The number of aromatic nitrogens is 2. The minimum Gasteiger partial charge on any atom is -0.481 e. The smallest absolute Gasteiger partial charge is 0.426 e. The monoisotopic (exact) mass is 407 g/mol. The van der Waals surface area contributed by atoms with Gasteiger partial charge in [0.1, 0.15) is 5.60 Å². The van der Waals surface area contributed by atoms with Crippen molar-refractivity contribution < 1.29 is 19.4 Å². The number of hydrazine groups is 1. The lowest BCUT2D eigenvalue weighted by molar-refractivity contribution is -0.0175. The van der Waals surface area contributed by atoms with Crippen LogP contribution in [0.1, 0.15) is 18.9 Å². The number of nitrogens with two attached hydrogens (primary N) is 1. The normalized spacial score (nSPS) is 21.8. The number of carboxylic acid groups (broad SMARTS) is 1. The molecule has 0 saturated carbocycles. The molecule has 2 atom stereocenters. The van der Waals surface area contributed by atoms with Crippen LogP contribution in [0.2, 0.25) is 5.02 Å². The van der Waals surface area contributed by atoms with Crippen molar-refractivity contribution >= 4 is 23.4 Å². The molecule has 3 heterocycles. The number of pyridine rings is 2. The quantitative estimate of drug-likeness (QED) is 0.392. The Kier molecular flexibility index (Phi) is 5.87. The zero-order valence-electron chi connectivity index (χ0n) is 15.6. The number of hydrogen-bond donors (Lipinski definition) is 3. The lowest BCUT2D eigenvalue weighted by Gasteiger charge is -2.43. The van der Waals surface area contributed by atoms with Crippen molar-refractivity contribution in [1.29, 1.82) is 0 Å². The Morgan fingerprint density at radius 1 is 1.39 bits per heavy atom. The average Bonchev–Trinajstić information content (AvgIpc) is 2.70. The van der Waals surface area contributed by atoms with E-state index in [1.807, 2.05) is 0 Å². The molecule has 1 aliphatic heterocycles. The van der Waals surface area contributed by atoms with Gasteiger partial charge in [0, 0.05) is 42.8 Å². The minimum atomic E-state index is -1.28. The highest BCUT2D eigenvalue weighted by molar-refractivity contribution is 6.31. The van der Waals surface area contributed by atoms with Gasteiger partial charge in [0.25, 0.3) is 0 Å². The van der Waals surface area contributed by atoms with E-state index in [2.05, 4.69) is 22.2 Å². The summed E-state index contributed by atoms with van der Waals surface area (Å²) < 4.78 is 11.7. The molecule has 1 aliphatic rings. The van der Waals surface area contributed by atoms with Crippen LogP contribution in [0.5, 0.6) is 11.8 Å². The lowest BCUT2D eigenvalue weighted by atomic mass is 9.77. The van der Waals surface area contributed by atoms with Gasteiger partial charge in [-0.05, 0) is 12.6 Å². The van der Waals surface area contributed by atoms with Crippen LogP contribution < -0.4 is 25.6 Å². The molecule has 2 aromatic rings. The molecule has 9 nitrogen and oxygen atoms in total. The first-order valence-corrected chi connectivity index (χ1v) is 9.08. The summed E-state index contributed by atoms with van der Waals surface area (Å²) in [5, 5.41) is 13.4. The second-order valence-corrected chi connectivity index (χ2v) is 6.97.